The van der Waals surface area contributed by atoms with Gasteiger partial charge in [-0.2, -0.15) is 0 Å². The van der Waals surface area contributed by atoms with Crippen LogP contribution in [0.5, 0.6) is 0 Å². The summed E-state index contributed by atoms with van der Waals surface area (Å²) in [5.41, 5.74) is 3.86. The van der Waals surface area contributed by atoms with Gasteiger partial charge < -0.3 is 10.1 Å². The van der Waals surface area contributed by atoms with Crippen LogP contribution in [-0.4, -0.2) is 23.5 Å². The summed E-state index contributed by atoms with van der Waals surface area (Å²) in [4.78, 5) is 16.9. The van der Waals surface area contributed by atoms with Gasteiger partial charge >= 0.3 is 0 Å². The third-order valence-electron chi connectivity index (χ3n) is 4.49. The van der Waals surface area contributed by atoms with Crippen LogP contribution in [0.1, 0.15) is 46.1 Å². The molecule has 0 aliphatic carbocycles. The van der Waals surface area contributed by atoms with Gasteiger partial charge in [0.25, 0.3) is 5.91 Å². The molecule has 1 aliphatic rings. The molecule has 2 atom stereocenters. The summed E-state index contributed by atoms with van der Waals surface area (Å²) in [6.07, 6.45) is 3.32. The van der Waals surface area contributed by atoms with Gasteiger partial charge in [-0.1, -0.05) is 18.2 Å². The molecule has 120 valence electrons. The number of nitrogens with one attached hydrogen (secondary N) is 1. The molecule has 1 aliphatic heterocycles. The van der Waals surface area contributed by atoms with E-state index in [2.05, 4.69) is 10.3 Å². The number of hydrogen-bond donors (Lipinski definition) is 1. The number of hydrogen-bond acceptors (Lipinski definition) is 3. The van der Waals surface area contributed by atoms with Crippen molar-refractivity contribution in [2.24, 2.45) is 0 Å². The molecular formula is C19H22N2O2. The van der Waals surface area contributed by atoms with E-state index in [-0.39, 0.29) is 18.1 Å². The van der Waals surface area contributed by atoms with E-state index in [0.717, 1.165) is 35.2 Å². The first-order valence-corrected chi connectivity index (χ1v) is 8.05. The van der Waals surface area contributed by atoms with Gasteiger partial charge in [0.1, 0.15) is 6.10 Å². The van der Waals surface area contributed by atoms with Crippen LogP contribution in [0.15, 0.2) is 42.6 Å². The molecule has 1 N–H and O–H groups in total. The van der Waals surface area contributed by atoms with Crippen molar-refractivity contribution >= 4 is 5.91 Å². The molecule has 4 heteroatoms. The third-order valence-corrected chi connectivity index (χ3v) is 4.49. The van der Waals surface area contributed by atoms with Gasteiger partial charge in [0.05, 0.1) is 5.69 Å². The zero-order chi connectivity index (χ0) is 16.2. The monoisotopic (exact) mass is 310 g/mol. The smallest absolute Gasteiger partial charge is 0.251 e. The van der Waals surface area contributed by atoms with Crippen LogP contribution < -0.4 is 5.32 Å². The first-order valence-electron chi connectivity index (χ1n) is 8.05. The van der Waals surface area contributed by atoms with Crippen molar-refractivity contribution in [3.8, 4) is 0 Å². The van der Waals surface area contributed by atoms with Gasteiger partial charge in [-0.15, -0.1) is 0 Å². The Morgan fingerprint density at radius 3 is 2.87 bits per heavy atom. The van der Waals surface area contributed by atoms with Crippen molar-refractivity contribution in [3.63, 3.8) is 0 Å². The molecule has 23 heavy (non-hydrogen) atoms. The standard InChI is InChI=1S/C19H22N2O2/c1-13-6-5-7-16(14(13)2)19(22)21-15-9-11-23-18(12-15)17-8-3-4-10-20-17/h3-8,10,15,18H,9,11-12H2,1-2H3,(H,21,22)/t15-,18-/m0/s1. The Bertz CT molecular complexity index is 685. The maximum atomic E-state index is 12.6. The van der Waals surface area contributed by atoms with Gasteiger partial charge in [0.2, 0.25) is 0 Å². The van der Waals surface area contributed by atoms with Crippen LogP contribution in [0.3, 0.4) is 0 Å². The second-order valence-corrected chi connectivity index (χ2v) is 6.06. The fraction of sp³-hybridized carbons (Fsp3) is 0.368. The number of ether oxygens (including phenoxy) is 1. The van der Waals surface area contributed by atoms with Crippen molar-refractivity contribution in [2.45, 2.75) is 38.8 Å². The summed E-state index contributed by atoms with van der Waals surface area (Å²) in [7, 11) is 0. The summed E-state index contributed by atoms with van der Waals surface area (Å²) in [6, 6.07) is 11.8. The Hall–Kier alpha value is -2.20. The van der Waals surface area contributed by atoms with Crippen molar-refractivity contribution in [3.05, 3.63) is 65.0 Å². The second kappa shape index (κ2) is 6.92. The van der Waals surface area contributed by atoms with Gasteiger partial charge in [-0.05, 0) is 56.0 Å². The highest BCUT2D eigenvalue weighted by molar-refractivity contribution is 5.96. The zero-order valence-electron chi connectivity index (χ0n) is 13.6. The fourth-order valence-corrected chi connectivity index (χ4v) is 2.96. The summed E-state index contributed by atoms with van der Waals surface area (Å²) < 4.78 is 5.81. The van der Waals surface area contributed by atoms with Gasteiger partial charge in [0, 0.05) is 24.4 Å². The van der Waals surface area contributed by atoms with Crippen LogP contribution in [0.4, 0.5) is 0 Å². The molecule has 1 saturated heterocycles. The predicted molar refractivity (Wildman–Crippen MR) is 89.3 cm³/mol. The summed E-state index contributed by atoms with van der Waals surface area (Å²) in [5, 5.41) is 3.16. The Balaban J connectivity index is 1.68. The maximum Gasteiger partial charge on any atom is 0.251 e. The lowest BCUT2D eigenvalue weighted by atomic mass is 9.98. The lowest BCUT2D eigenvalue weighted by Crippen LogP contribution is -2.40. The Kier molecular flexibility index (Phi) is 4.72. The summed E-state index contributed by atoms with van der Waals surface area (Å²) >= 11 is 0. The molecule has 2 aromatic rings. The molecule has 0 spiro atoms. The average molecular weight is 310 g/mol. The number of aryl methyl sites for hydroxylation is 1. The molecular weight excluding hydrogens is 288 g/mol. The molecule has 4 nitrogen and oxygen atoms in total. The SMILES string of the molecule is Cc1cccc(C(=O)N[C@H]2CCO[C@H](c3ccccn3)C2)c1C. The van der Waals surface area contributed by atoms with Crippen LogP contribution in [0.2, 0.25) is 0 Å². The highest BCUT2D eigenvalue weighted by Crippen LogP contribution is 2.27. The first kappa shape index (κ1) is 15.7. The van der Waals surface area contributed by atoms with Gasteiger partial charge in [-0.25, -0.2) is 0 Å². The highest BCUT2D eigenvalue weighted by atomic mass is 16.5. The van der Waals surface area contributed by atoms with Crippen molar-refractivity contribution in [1.29, 1.82) is 0 Å². The third kappa shape index (κ3) is 3.59. The van der Waals surface area contributed by atoms with Crippen LogP contribution in [0, 0.1) is 13.8 Å². The van der Waals surface area contributed by atoms with Crippen LogP contribution >= 0.6 is 0 Å². The number of pyridine rings is 1. The molecule has 1 fully saturated rings. The minimum atomic E-state index is -0.0474. The largest absolute Gasteiger partial charge is 0.372 e. The maximum absolute atomic E-state index is 12.6. The predicted octanol–water partition coefficient (Wildman–Crippen LogP) is 3.35. The molecule has 0 radical (unpaired) electrons. The Labute approximate surface area is 136 Å². The normalized spacial score (nSPS) is 21.0. The van der Waals surface area contributed by atoms with E-state index in [0.29, 0.717) is 6.61 Å². The van der Waals surface area contributed by atoms with Gasteiger partial charge in [0.15, 0.2) is 0 Å². The number of amides is 1. The molecule has 1 amide bonds. The lowest BCUT2D eigenvalue weighted by Gasteiger charge is -2.30. The van der Waals surface area contributed by atoms with Crippen molar-refractivity contribution < 1.29 is 9.53 Å². The number of aromatic nitrogens is 1. The quantitative estimate of drug-likeness (QED) is 0.946. The van der Waals surface area contributed by atoms with Gasteiger partial charge in [-0.3, -0.25) is 9.78 Å². The van der Waals surface area contributed by atoms with E-state index in [1.807, 2.05) is 50.2 Å². The molecule has 0 unspecified atom stereocenters. The number of nitrogens with zero attached hydrogens (tertiary/aromatic N) is 1. The Morgan fingerprint density at radius 1 is 1.22 bits per heavy atom. The van der Waals surface area contributed by atoms with E-state index in [4.69, 9.17) is 4.74 Å². The number of carbonyl (C=O) groups is 1. The van der Waals surface area contributed by atoms with E-state index < -0.39 is 0 Å². The molecule has 2 heterocycles. The van der Waals surface area contributed by atoms with E-state index in [9.17, 15) is 4.79 Å². The summed E-state index contributed by atoms with van der Waals surface area (Å²) in [5.74, 6) is -0.00197. The van der Waals surface area contributed by atoms with Crippen LogP contribution in [0.25, 0.3) is 0 Å². The van der Waals surface area contributed by atoms with Crippen molar-refractivity contribution in [1.82, 2.24) is 10.3 Å². The summed E-state index contributed by atoms with van der Waals surface area (Å²) in [6.45, 7) is 4.65. The minimum Gasteiger partial charge on any atom is -0.372 e. The Morgan fingerprint density at radius 2 is 2.09 bits per heavy atom. The van der Waals surface area contributed by atoms with E-state index in [1.165, 1.54) is 0 Å². The number of rotatable bonds is 3. The molecule has 0 bridgehead atoms. The first-order chi connectivity index (χ1) is 11.1. The molecule has 0 saturated carbocycles. The van der Waals surface area contributed by atoms with Crippen LogP contribution in [-0.2, 0) is 4.74 Å². The molecule has 1 aromatic carbocycles. The zero-order valence-corrected chi connectivity index (χ0v) is 13.6. The second-order valence-electron chi connectivity index (χ2n) is 6.06. The molecule has 3 rings (SSSR count). The van der Waals surface area contributed by atoms with E-state index in [1.54, 1.807) is 6.20 Å². The lowest BCUT2D eigenvalue weighted by molar-refractivity contribution is -0.00152. The van der Waals surface area contributed by atoms with E-state index >= 15 is 0 Å². The number of carbonyl (C=O) groups excluding carboxylic acids is 1. The fourth-order valence-electron chi connectivity index (χ4n) is 2.96. The topological polar surface area (TPSA) is 51.2 Å². The number of benzene rings is 1. The van der Waals surface area contributed by atoms with Crippen molar-refractivity contribution in [2.75, 3.05) is 6.61 Å². The average Bonchev–Trinajstić information content (AvgIpc) is 2.58. The molecule has 1 aromatic heterocycles. The highest BCUT2D eigenvalue weighted by Gasteiger charge is 2.26. The minimum absolute atomic E-state index is 0.00197.